The number of non-ortho nitro benzene ring substituents is 1. The fraction of sp³-hybridized carbons (Fsp3) is 0.0714. The molecule has 1 atom stereocenters. The van der Waals surface area contributed by atoms with Gasteiger partial charge in [-0.25, -0.2) is 0 Å². The first kappa shape index (κ1) is 15.5. The summed E-state index contributed by atoms with van der Waals surface area (Å²) < 4.78 is 0. The lowest BCUT2D eigenvalue weighted by molar-refractivity contribution is -0.384. The van der Waals surface area contributed by atoms with Crippen LogP contribution in [-0.2, 0) is 0 Å². The number of fused-ring (bicyclic) bond motifs is 3. The number of halogens is 1. The van der Waals surface area contributed by atoms with Crippen molar-refractivity contribution in [2.24, 2.45) is 5.73 Å². The summed E-state index contributed by atoms with van der Waals surface area (Å²) in [7, 11) is 0. The standard InChI is InChI=1S/C14H11N3O2S.BrH/c15-14(16)20-13-10-4-2-1-3-9(10)12-7-8(17(18)19)5-6-11(12)13;/h1-7,13H,(H3,15,16);1H. The fourth-order valence-corrected chi connectivity index (χ4v) is 3.43. The van der Waals surface area contributed by atoms with E-state index in [1.807, 2.05) is 24.3 Å². The van der Waals surface area contributed by atoms with Crippen molar-refractivity contribution in [2.75, 3.05) is 0 Å². The molecule has 108 valence electrons. The maximum atomic E-state index is 10.9. The molecule has 0 radical (unpaired) electrons. The zero-order valence-electron chi connectivity index (χ0n) is 10.8. The van der Waals surface area contributed by atoms with Crippen LogP contribution in [0.1, 0.15) is 16.4 Å². The van der Waals surface area contributed by atoms with Gasteiger partial charge in [0.1, 0.15) is 0 Å². The Morgan fingerprint density at radius 2 is 1.86 bits per heavy atom. The third-order valence-corrected chi connectivity index (χ3v) is 4.31. The van der Waals surface area contributed by atoms with Gasteiger partial charge in [0.25, 0.3) is 5.69 Å². The van der Waals surface area contributed by atoms with Gasteiger partial charge in [0.2, 0.25) is 0 Å². The lowest BCUT2D eigenvalue weighted by atomic mass is 10.1. The summed E-state index contributed by atoms with van der Waals surface area (Å²) >= 11 is 1.25. The van der Waals surface area contributed by atoms with E-state index in [1.54, 1.807) is 12.1 Å². The summed E-state index contributed by atoms with van der Waals surface area (Å²) in [6.45, 7) is 0. The van der Waals surface area contributed by atoms with Crippen LogP contribution in [0.25, 0.3) is 11.1 Å². The minimum absolute atomic E-state index is 0. The van der Waals surface area contributed by atoms with Gasteiger partial charge in [0.15, 0.2) is 5.17 Å². The molecule has 0 aliphatic heterocycles. The number of benzene rings is 2. The van der Waals surface area contributed by atoms with Crippen LogP contribution in [0.5, 0.6) is 0 Å². The molecule has 3 rings (SSSR count). The molecule has 0 bridgehead atoms. The van der Waals surface area contributed by atoms with Gasteiger partial charge < -0.3 is 5.73 Å². The average Bonchev–Trinajstić information content (AvgIpc) is 2.73. The zero-order chi connectivity index (χ0) is 14.3. The third kappa shape index (κ3) is 2.66. The van der Waals surface area contributed by atoms with E-state index in [0.29, 0.717) is 0 Å². The Bertz CT molecular complexity index is 736. The summed E-state index contributed by atoms with van der Waals surface area (Å²) in [5.74, 6) is 0. The second kappa shape index (κ2) is 5.87. The van der Waals surface area contributed by atoms with E-state index < -0.39 is 4.92 Å². The van der Waals surface area contributed by atoms with Gasteiger partial charge in [0, 0.05) is 12.1 Å². The molecule has 1 aliphatic rings. The summed E-state index contributed by atoms with van der Waals surface area (Å²) in [6, 6.07) is 12.6. The fourth-order valence-electron chi connectivity index (χ4n) is 2.51. The van der Waals surface area contributed by atoms with Crippen LogP contribution < -0.4 is 5.73 Å². The lowest BCUT2D eigenvalue weighted by Crippen LogP contribution is -2.07. The zero-order valence-corrected chi connectivity index (χ0v) is 13.3. The van der Waals surface area contributed by atoms with Gasteiger partial charge >= 0.3 is 0 Å². The first-order valence-corrected chi connectivity index (χ1v) is 6.84. The number of nitrogens with zero attached hydrogens (tertiary/aromatic N) is 1. The molecule has 1 unspecified atom stereocenters. The van der Waals surface area contributed by atoms with Crippen LogP contribution in [0.3, 0.4) is 0 Å². The van der Waals surface area contributed by atoms with E-state index >= 15 is 0 Å². The minimum Gasteiger partial charge on any atom is -0.379 e. The number of nitro groups is 1. The van der Waals surface area contributed by atoms with Gasteiger partial charge in [-0.05, 0) is 22.3 Å². The molecule has 0 saturated carbocycles. The van der Waals surface area contributed by atoms with Crippen molar-refractivity contribution in [1.29, 1.82) is 5.41 Å². The molecule has 2 aromatic rings. The summed E-state index contributed by atoms with van der Waals surface area (Å²) in [4.78, 5) is 10.5. The number of hydrogen-bond acceptors (Lipinski definition) is 4. The monoisotopic (exact) mass is 365 g/mol. The summed E-state index contributed by atoms with van der Waals surface area (Å²) in [6.07, 6.45) is 0. The van der Waals surface area contributed by atoms with Crippen LogP contribution >= 0.6 is 28.7 Å². The second-order valence-corrected chi connectivity index (χ2v) is 5.62. The number of hydrogen-bond donors (Lipinski definition) is 2. The largest absolute Gasteiger partial charge is 0.379 e. The first-order chi connectivity index (χ1) is 9.58. The van der Waals surface area contributed by atoms with Crippen molar-refractivity contribution >= 4 is 39.6 Å². The molecular formula is C14H12BrN3O2S. The molecule has 1 aliphatic carbocycles. The number of nitrogens with one attached hydrogen (secondary N) is 1. The number of amidine groups is 1. The second-order valence-electron chi connectivity index (χ2n) is 4.48. The lowest BCUT2D eigenvalue weighted by Gasteiger charge is -2.11. The van der Waals surface area contributed by atoms with Crippen molar-refractivity contribution in [3.8, 4) is 11.1 Å². The number of nitro benzene ring substituents is 1. The quantitative estimate of drug-likeness (QED) is 0.365. The van der Waals surface area contributed by atoms with Crippen molar-refractivity contribution in [1.82, 2.24) is 0 Å². The maximum Gasteiger partial charge on any atom is 0.270 e. The molecule has 2 aromatic carbocycles. The summed E-state index contributed by atoms with van der Waals surface area (Å²) in [5, 5.41) is 18.4. The Kier molecular flexibility index (Phi) is 4.34. The Hall–Kier alpha value is -1.86. The summed E-state index contributed by atoms with van der Waals surface area (Å²) in [5.41, 5.74) is 9.42. The Labute approximate surface area is 136 Å². The van der Waals surface area contributed by atoms with Crippen LogP contribution in [0.4, 0.5) is 5.69 Å². The van der Waals surface area contributed by atoms with Gasteiger partial charge in [-0.3, -0.25) is 15.5 Å². The van der Waals surface area contributed by atoms with Crippen molar-refractivity contribution in [3.63, 3.8) is 0 Å². The highest BCUT2D eigenvalue weighted by Gasteiger charge is 2.30. The molecule has 0 aromatic heterocycles. The smallest absolute Gasteiger partial charge is 0.270 e. The van der Waals surface area contributed by atoms with Gasteiger partial charge in [-0.15, -0.1) is 17.0 Å². The molecule has 0 heterocycles. The van der Waals surface area contributed by atoms with Crippen molar-refractivity contribution < 1.29 is 4.92 Å². The highest BCUT2D eigenvalue weighted by Crippen LogP contribution is 2.50. The molecule has 21 heavy (non-hydrogen) atoms. The highest BCUT2D eigenvalue weighted by molar-refractivity contribution is 8.93. The number of rotatable bonds is 2. The van der Waals surface area contributed by atoms with E-state index in [4.69, 9.17) is 11.1 Å². The molecule has 0 spiro atoms. The minimum atomic E-state index is -0.395. The molecule has 3 N–H and O–H groups in total. The van der Waals surface area contributed by atoms with Crippen molar-refractivity contribution in [3.05, 3.63) is 63.7 Å². The third-order valence-electron chi connectivity index (χ3n) is 3.31. The maximum absolute atomic E-state index is 10.9. The molecule has 7 heteroatoms. The molecule has 5 nitrogen and oxygen atoms in total. The van der Waals surface area contributed by atoms with Crippen LogP contribution in [0.15, 0.2) is 42.5 Å². The van der Waals surface area contributed by atoms with Crippen LogP contribution in [-0.4, -0.2) is 10.1 Å². The Morgan fingerprint density at radius 3 is 2.52 bits per heavy atom. The first-order valence-electron chi connectivity index (χ1n) is 5.96. The van der Waals surface area contributed by atoms with Gasteiger partial charge in [-0.1, -0.05) is 42.1 Å². The predicted molar refractivity (Wildman–Crippen MR) is 90.2 cm³/mol. The van der Waals surface area contributed by atoms with Crippen molar-refractivity contribution in [2.45, 2.75) is 5.25 Å². The SMILES string of the molecule is Br.N=C(N)SC1c2ccccc2-c2cc([N+](=O)[O-])ccc21. The van der Waals surface area contributed by atoms with E-state index in [2.05, 4.69) is 0 Å². The Morgan fingerprint density at radius 1 is 1.19 bits per heavy atom. The van der Waals surface area contributed by atoms with Gasteiger partial charge in [0.05, 0.1) is 10.2 Å². The van der Waals surface area contributed by atoms with E-state index in [9.17, 15) is 10.1 Å². The van der Waals surface area contributed by atoms with Crippen LogP contribution in [0.2, 0.25) is 0 Å². The van der Waals surface area contributed by atoms with Gasteiger partial charge in [-0.2, -0.15) is 0 Å². The van der Waals surface area contributed by atoms with E-state index in [-0.39, 0.29) is 33.1 Å². The van der Waals surface area contributed by atoms with E-state index in [1.165, 1.54) is 17.8 Å². The molecule has 0 amide bonds. The molecule has 0 fully saturated rings. The van der Waals surface area contributed by atoms with Crippen LogP contribution in [0, 0.1) is 15.5 Å². The van der Waals surface area contributed by atoms with E-state index in [0.717, 1.165) is 22.3 Å². The topological polar surface area (TPSA) is 93.0 Å². The molecule has 0 saturated heterocycles. The average molecular weight is 366 g/mol. The Balaban J connectivity index is 0.00000161. The molecular weight excluding hydrogens is 354 g/mol. The number of thioether (sulfide) groups is 1. The number of nitrogens with two attached hydrogens (primary N) is 1. The normalized spacial score (nSPS) is 14.8. The highest BCUT2D eigenvalue weighted by atomic mass is 79.9. The predicted octanol–water partition coefficient (Wildman–Crippen LogP) is 3.87.